The molecule has 0 saturated carbocycles. The van der Waals surface area contributed by atoms with E-state index in [1.807, 2.05) is 6.92 Å². The summed E-state index contributed by atoms with van der Waals surface area (Å²) in [6.07, 6.45) is 1.53. The van der Waals surface area contributed by atoms with Crippen LogP contribution in [-0.4, -0.2) is 36.6 Å². The third-order valence-corrected chi connectivity index (χ3v) is 2.80. The normalized spacial score (nSPS) is 26.1. The predicted molar refractivity (Wildman–Crippen MR) is 50.9 cm³/mol. The summed E-state index contributed by atoms with van der Waals surface area (Å²) in [5.41, 5.74) is -0.393. The second-order valence-electron chi connectivity index (χ2n) is 3.64. The van der Waals surface area contributed by atoms with Crippen LogP contribution >= 0.6 is 0 Å². The number of hydrogen-bond acceptors (Lipinski definition) is 3. The van der Waals surface area contributed by atoms with Gasteiger partial charge in [0.1, 0.15) is 6.54 Å². The minimum absolute atomic E-state index is 0.146. The molecule has 1 saturated heterocycles. The van der Waals surface area contributed by atoms with Crippen LogP contribution in [0.3, 0.4) is 0 Å². The molecule has 0 aromatic heterocycles. The fourth-order valence-electron chi connectivity index (χ4n) is 1.74. The molecular weight excluding hydrogens is 184 g/mol. The Labute approximate surface area is 82.9 Å². The Morgan fingerprint density at radius 2 is 2.29 bits per heavy atom. The van der Waals surface area contributed by atoms with Crippen molar-refractivity contribution in [3.05, 3.63) is 0 Å². The molecule has 0 aromatic rings. The van der Waals surface area contributed by atoms with Crippen molar-refractivity contribution >= 4 is 11.9 Å². The molecule has 1 atom stereocenters. The fourth-order valence-corrected chi connectivity index (χ4v) is 1.74. The molecule has 1 unspecified atom stereocenters. The van der Waals surface area contributed by atoms with Gasteiger partial charge in [0, 0.05) is 6.54 Å². The Bertz CT molecular complexity index is 234. The van der Waals surface area contributed by atoms with Crippen LogP contribution < -0.4 is 10.6 Å². The van der Waals surface area contributed by atoms with Gasteiger partial charge in [0.05, 0.1) is 5.41 Å². The summed E-state index contributed by atoms with van der Waals surface area (Å²) in [7, 11) is 0. The van der Waals surface area contributed by atoms with Gasteiger partial charge >= 0.3 is 5.97 Å². The molecule has 1 aliphatic heterocycles. The zero-order chi connectivity index (χ0) is 10.6. The number of nitrogens with one attached hydrogen (secondary N) is 2. The van der Waals surface area contributed by atoms with Crippen LogP contribution in [0.2, 0.25) is 0 Å². The molecule has 5 nitrogen and oxygen atoms in total. The number of carbonyl (C=O) groups excluding carboxylic acids is 1. The average molecular weight is 200 g/mol. The predicted octanol–water partition coefficient (Wildman–Crippen LogP) is -0.423. The maximum atomic E-state index is 11.7. The van der Waals surface area contributed by atoms with Crippen molar-refractivity contribution in [2.24, 2.45) is 5.41 Å². The minimum atomic E-state index is -1.00. The zero-order valence-electron chi connectivity index (χ0n) is 8.30. The van der Waals surface area contributed by atoms with E-state index in [1.54, 1.807) is 0 Å². The van der Waals surface area contributed by atoms with Crippen molar-refractivity contribution < 1.29 is 14.7 Å². The molecule has 5 heteroatoms. The maximum Gasteiger partial charge on any atom is 0.322 e. The minimum Gasteiger partial charge on any atom is -0.480 e. The highest BCUT2D eigenvalue weighted by Crippen LogP contribution is 2.29. The molecule has 0 bridgehead atoms. The first-order valence-corrected chi connectivity index (χ1v) is 4.81. The molecule has 1 fully saturated rings. The van der Waals surface area contributed by atoms with Gasteiger partial charge in [0.15, 0.2) is 0 Å². The van der Waals surface area contributed by atoms with Gasteiger partial charge in [-0.3, -0.25) is 9.59 Å². The zero-order valence-corrected chi connectivity index (χ0v) is 8.30. The number of aliphatic carboxylic acids is 1. The molecule has 0 aromatic carbocycles. The molecule has 0 aliphatic carbocycles. The van der Waals surface area contributed by atoms with E-state index < -0.39 is 11.4 Å². The summed E-state index contributed by atoms with van der Waals surface area (Å²) >= 11 is 0. The van der Waals surface area contributed by atoms with Crippen LogP contribution in [0, 0.1) is 5.41 Å². The van der Waals surface area contributed by atoms with E-state index >= 15 is 0 Å². The van der Waals surface area contributed by atoms with Gasteiger partial charge in [0.2, 0.25) is 5.91 Å². The average Bonchev–Trinajstić information content (AvgIpc) is 2.63. The molecule has 0 radical (unpaired) electrons. The van der Waals surface area contributed by atoms with Gasteiger partial charge in [-0.25, -0.2) is 0 Å². The van der Waals surface area contributed by atoms with E-state index in [9.17, 15) is 9.59 Å². The highest BCUT2D eigenvalue weighted by molar-refractivity contribution is 5.86. The monoisotopic (exact) mass is 200 g/mol. The van der Waals surface area contributed by atoms with E-state index in [2.05, 4.69) is 10.6 Å². The first kappa shape index (κ1) is 11.0. The van der Waals surface area contributed by atoms with Crippen LogP contribution in [0.1, 0.15) is 19.8 Å². The molecule has 14 heavy (non-hydrogen) atoms. The van der Waals surface area contributed by atoms with Crippen LogP contribution in [0.5, 0.6) is 0 Å². The topological polar surface area (TPSA) is 78.4 Å². The van der Waals surface area contributed by atoms with Gasteiger partial charge in [-0.15, -0.1) is 0 Å². The molecule has 80 valence electrons. The molecular formula is C9H16N2O3. The van der Waals surface area contributed by atoms with Crippen molar-refractivity contribution in [2.75, 3.05) is 19.6 Å². The van der Waals surface area contributed by atoms with Crippen molar-refractivity contribution in [1.29, 1.82) is 0 Å². The van der Waals surface area contributed by atoms with E-state index in [1.165, 1.54) is 0 Å². The second-order valence-corrected chi connectivity index (χ2v) is 3.64. The van der Waals surface area contributed by atoms with E-state index in [4.69, 9.17) is 5.11 Å². The van der Waals surface area contributed by atoms with Gasteiger partial charge in [-0.2, -0.15) is 0 Å². The van der Waals surface area contributed by atoms with Crippen LogP contribution in [0.25, 0.3) is 0 Å². The second kappa shape index (κ2) is 4.41. The van der Waals surface area contributed by atoms with Gasteiger partial charge in [-0.05, 0) is 19.4 Å². The first-order chi connectivity index (χ1) is 6.60. The quantitative estimate of drug-likeness (QED) is 0.575. The Kier molecular flexibility index (Phi) is 3.46. The lowest BCUT2D eigenvalue weighted by Crippen LogP contribution is -2.43. The Hall–Kier alpha value is -1.10. The van der Waals surface area contributed by atoms with Crippen molar-refractivity contribution in [2.45, 2.75) is 19.8 Å². The standard InChI is InChI=1S/C9H16N2O3/c1-2-9(3-4-10-6-9)8(14)11-5-7(12)13/h10H,2-6H2,1H3,(H,11,14)(H,12,13). The summed E-state index contributed by atoms with van der Waals surface area (Å²) in [6.45, 7) is 3.14. The van der Waals surface area contributed by atoms with Gasteiger partial charge in [0.25, 0.3) is 0 Å². The molecule has 3 N–H and O–H groups in total. The summed E-state index contributed by atoms with van der Waals surface area (Å²) in [4.78, 5) is 22.0. The fraction of sp³-hybridized carbons (Fsp3) is 0.778. The third kappa shape index (κ3) is 2.23. The third-order valence-electron chi connectivity index (χ3n) is 2.80. The van der Waals surface area contributed by atoms with Gasteiger partial charge < -0.3 is 15.7 Å². The summed E-state index contributed by atoms with van der Waals surface area (Å²) < 4.78 is 0. The molecule has 1 amide bonds. The van der Waals surface area contributed by atoms with Crippen LogP contribution in [0.15, 0.2) is 0 Å². The molecule has 1 rings (SSSR count). The smallest absolute Gasteiger partial charge is 0.322 e. The van der Waals surface area contributed by atoms with E-state index in [-0.39, 0.29) is 12.5 Å². The number of rotatable bonds is 4. The Morgan fingerprint density at radius 3 is 2.71 bits per heavy atom. The maximum absolute atomic E-state index is 11.7. The Balaban J connectivity index is 2.52. The summed E-state index contributed by atoms with van der Waals surface area (Å²) in [5.74, 6) is -1.15. The van der Waals surface area contributed by atoms with Crippen LogP contribution in [-0.2, 0) is 9.59 Å². The summed E-state index contributed by atoms with van der Waals surface area (Å²) in [5, 5.41) is 14.0. The lowest BCUT2D eigenvalue weighted by molar-refractivity contribution is -0.139. The van der Waals surface area contributed by atoms with Gasteiger partial charge in [-0.1, -0.05) is 6.92 Å². The van der Waals surface area contributed by atoms with Crippen LogP contribution in [0.4, 0.5) is 0 Å². The Morgan fingerprint density at radius 1 is 1.57 bits per heavy atom. The van der Waals surface area contributed by atoms with Crippen molar-refractivity contribution in [3.63, 3.8) is 0 Å². The van der Waals surface area contributed by atoms with Crippen molar-refractivity contribution in [1.82, 2.24) is 10.6 Å². The first-order valence-electron chi connectivity index (χ1n) is 4.81. The number of carboxylic acid groups (broad SMARTS) is 1. The lowest BCUT2D eigenvalue weighted by Gasteiger charge is -2.24. The molecule has 0 spiro atoms. The molecule has 1 aliphatic rings. The number of carboxylic acids is 1. The highest BCUT2D eigenvalue weighted by atomic mass is 16.4. The van der Waals surface area contributed by atoms with E-state index in [0.717, 1.165) is 19.4 Å². The van der Waals surface area contributed by atoms with Crippen molar-refractivity contribution in [3.8, 4) is 0 Å². The SMILES string of the molecule is CCC1(C(=O)NCC(=O)O)CCNC1. The molecule has 1 heterocycles. The largest absolute Gasteiger partial charge is 0.480 e. The lowest BCUT2D eigenvalue weighted by atomic mass is 9.83. The number of amides is 1. The number of carbonyl (C=O) groups is 2. The highest BCUT2D eigenvalue weighted by Gasteiger charge is 2.39. The number of hydrogen-bond donors (Lipinski definition) is 3. The summed E-state index contributed by atoms with van der Waals surface area (Å²) in [6, 6.07) is 0. The van der Waals surface area contributed by atoms with E-state index in [0.29, 0.717) is 6.54 Å².